The number of amidine groups is 1. The number of thiophene rings is 1. The molecule has 0 atom stereocenters. The standard InChI is InChI=1S/C22H17BrN2OS/c23-18-9-4-6-16(14-18)15-20-22(26)25(12-11-19-10-5-13-27-19)21(24-20)17-7-2-1-3-8-17/h1-10,13-15H,11-12H2/b20-15+. The first-order valence-electron chi connectivity index (χ1n) is 8.66. The Kier molecular flexibility index (Phi) is 5.32. The maximum Gasteiger partial charge on any atom is 0.278 e. The molecule has 0 spiro atoms. The molecule has 5 heteroatoms. The number of amides is 1. The van der Waals surface area contributed by atoms with Gasteiger partial charge in [-0.1, -0.05) is 64.5 Å². The van der Waals surface area contributed by atoms with Crippen molar-refractivity contribution in [1.82, 2.24) is 4.90 Å². The molecule has 4 rings (SSSR count). The van der Waals surface area contributed by atoms with Crippen LogP contribution in [0.25, 0.3) is 6.08 Å². The first-order valence-corrected chi connectivity index (χ1v) is 10.3. The van der Waals surface area contributed by atoms with E-state index in [2.05, 4.69) is 32.4 Å². The summed E-state index contributed by atoms with van der Waals surface area (Å²) in [7, 11) is 0. The van der Waals surface area contributed by atoms with Crippen LogP contribution in [0.15, 0.2) is 87.3 Å². The van der Waals surface area contributed by atoms with Gasteiger partial charge in [0.2, 0.25) is 0 Å². The molecular formula is C22H17BrN2OS. The predicted octanol–water partition coefficient (Wildman–Crippen LogP) is 5.38. The number of carbonyl (C=O) groups excluding carboxylic acids is 1. The number of hydrogen-bond acceptors (Lipinski definition) is 3. The maximum atomic E-state index is 13.1. The first-order chi connectivity index (χ1) is 13.2. The average molecular weight is 437 g/mol. The lowest BCUT2D eigenvalue weighted by molar-refractivity contribution is -0.122. The number of aliphatic imine (C=N–C) groups is 1. The van der Waals surface area contributed by atoms with Crippen molar-refractivity contribution >= 4 is 45.1 Å². The number of carbonyl (C=O) groups is 1. The summed E-state index contributed by atoms with van der Waals surface area (Å²) in [6.07, 6.45) is 2.67. The zero-order chi connectivity index (χ0) is 18.6. The van der Waals surface area contributed by atoms with Crippen LogP contribution in [0.5, 0.6) is 0 Å². The van der Waals surface area contributed by atoms with Crippen molar-refractivity contribution in [2.24, 2.45) is 4.99 Å². The smallest absolute Gasteiger partial charge is 0.278 e. The van der Waals surface area contributed by atoms with E-state index in [-0.39, 0.29) is 5.91 Å². The summed E-state index contributed by atoms with van der Waals surface area (Å²) in [5.41, 5.74) is 2.37. The topological polar surface area (TPSA) is 32.7 Å². The number of rotatable bonds is 5. The lowest BCUT2D eigenvalue weighted by atomic mass is 10.2. The normalized spacial score (nSPS) is 15.4. The van der Waals surface area contributed by atoms with E-state index < -0.39 is 0 Å². The van der Waals surface area contributed by atoms with Gasteiger partial charge in [0.25, 0.3) is 5.91 Å². The molecule has 0 saturated heterocycles. The lowest BCUT2D eigenvalue weighted by Gasteiger charge is -2.18. The van der Waals surface area contributed by atoms with Gasteiger partial charge in [0, 0.05) is 21.5 Å². The molecule has 0 radical (unpaired) electrons. The van der Waals surface area contributed by atoms with Gasteiger partial charge < -0.3 is 0 Å². The van der Waals surface area contributed by atoms with Gasteiger partial charge in [-0.15, -0.1) is 11.3 Å². The highest BCUT2D eigenvalue weighted by molar-refractivity contribution is 9.10. The molecule has 0 aliphatic carbocycles. The highest BCUT2D eigenvalue weighted by Crippen LogP contribution is 2.24. The second-order valence-electron chi connectivity index (χ2n) is 6.17. The van der Waals surface area contributed by atoms with Crippen LogP contribution in [0.1, 0.15) is 16.0 Å². The van der Waals surface area contributed by atoms with E-state index in [4.69, 9.17) is 0 Å². The third-order valence-corrected chi connectivity index (χ3v) is 5.72. The van der Waals surface area contributed by atoms with Crippen LogP contribution in [0, 0.1) is 0 Å². The van der Waals surface area contributed by atoms with Crippen molar-refractivity contribution in [3.63, 3.8) is 0 Å². The summed E-state index contributed by atoms with van der Waals surface area (Å²) in [6, 6.07) is 21.9. The molecule has 27 heavy (non-hydrogen) atoms. The Morgan fingerprint density at radius 1 is 1.04 bits per heavy atom. The van der Waals surface area contributed by atoms with Crippen LogP contribution in [0.2, 0.25) is 0 Å². The van der Waals surface area contributed by atoms with E-state index >= 15 is 0 Å². The van der Waals surface area contributed by atoms with E-state index in [9.17, 15) is 4.79 Å². The zero-order valence-electron chi connectivity index (χ0n) is 14.5. The van der Waals surface area contributed by atoms with Gasteiger partial charge >= 0.3 is 0 Å². The van der Waals surface area contributed by atoms with Crippen LogP contribution in [-0.4, -0.2) is 23.2 Å². The van der Waals surface area contributed by atoms with Gasteiger partial charge in [0.1, 0.15) is 11.5 Å². The first kappa shape index (κ1) is 17.9. The summed E-state index contributed by atoms with van der Waals surface area (Å²) in [5.74, 6) is 0.670. The lowest BCUT2D eigenvalue weighted by Crippen LogP contribution is -2.34. The molecule has 0 unspecified atom stereocenters. The fourth-order valence-electron chi connectivity index (χ4n) is 3.00. The number of benzene rings is 2. The summed E-state index contributed by atoms with van der Waals surface area (Å²) >= 11 is 5.19. The Balaban J connectivity index is 1.67. The molecule has 134 valence electrons. The van der Waals surface area contributed by atoms with Crippen LogP contribution in [-0.2, 0) is 11.2 Å². The van der Waals surface area contributed by atoms with Crippen molar-refractivity contribution < 1.29 is 4.79 Å². The van der Waals surface area contributed by atoms with Gasteiger partial charge in [-0.05, 0) is 41.6 Å². The highest BCUT2D eigenvalue weighted by atomic mass is 79.9. The minimum atomic E-state index is -0.0506. The fourth-order valence-corrected chi connectivity index (χ4v) is 4.11. The maximum absolute atomic E-state index is 13.1. The van der Waals surface area contributed by atoms with Gasteiger partial charge in [0.05, 0.1) is 0 Å². The average Bonchev–Trinajstić information content (AvgIpc) is 3.30. The third kappa shape index (κ3) is 4.10. The molecule has 0 fully saturated rings. The Hall–Kier alpha value is -2.50. The van der Waals surface area contributed by atoms with Gasteiger partial charge in [-0.25, -0.2) is 4.99 Å². The summed E-state index contributed by atoms with van der Waals surface area (Å²) in [5, 5.41) is 2.06. The summed E-state index contributed by atoms with van der Waals surface area (Å²) in [4.78, 5) is 20.8. The summed E-state index contributed by atoms with van der Waals surface area (Å²) < 4.78 is 0.976. The molecule has 1 aliphatic heterocycles. The quantitative estimate of drug-likeness (QED) is 0.493. The molecule has 1 amide bonds. The van der Waals surface area contributed by atoms with E-state index in [1.807, 2.05) is 66.7 Å². The molecule has 0 N–H and O–H groups in total. The molecule has 3 nitrogen and oxygen atoms in total. The van der Waals surface area contributed by atoms with Gasteiger partial charge in [-0.3, -0.25) is 9.69 Å². The molecule has 0 saturated carbocycles. The second kappa shape index (κ2) is 8.03. The van der Waals surface area contributed by atoms with Crippen molar-refractivity contribution in [3.05, 3.63) is 98.3 Å². The molecular weight excluding hydrogens is 420 g/mol. The SMILES string of the molecule is O=C1/C(=C\c2cccc(Br)c2)N=C(c2ccccc2)N1CCc1cccs1. The molecule has 2 aromatic carbocycles. The zero-order valence-corrected chi connectivity index (χ0v) is 16.9. The third-order valence-electron chi connectivity index (χ3n) is 4.29. The Morgan fingerprint density at radius 2 is 1.89 bits per heavy atom. The molecule has 1 aromatic heterocycles. The highest BCUT2D eigenvalue weighted by Gasteiger charge is 2.30. The summed E-state index contributed by atoms with van der Waals surface area (Å²) in [6.45, 7) is 0.614. The predicted molar refractivity (Wildman–Crippen MR) is 115 cm³/mol. The minimum Gasteiger partial charge on any atom is -0.290 e. The monoisotopic (exact) mass is 436 g/mol. The molecule has 3 aromatic rings. The number of halogens is 1. The minimum absolute atomic E-state index is 0.0506. The van der Waals surface area contributed by atoms with Crippen LogP contribution in [0.3, 0.4) is 0 Å². The number of hydrogen-bond donors (Lipinski definition) is 0. The number of nitrogens with zero attached hydrogens (tertiary/aromatic N) is 2. The van der Waals surface area contributed by atoms with E-state index in [0.717, 1.165) is 27.9 Å². The van der Waals surface area contributed by atoms with E-state index in [1.54, 1.807) is 16.2 Å². The van der Waals surface area contributed by atoms with Crippen LogP contribution in [0.4, 0.5) is 0 Å². The van der Waals surface area contributed by atoms with Crippen molar-refractivity contribution in [2.75, 3.05) is 6.54 Å². The van der Waals surface area contributed by atoms with Crippen LogP contribution < -0.4 is 0 Å². The molecule has 1 aliphatic rings. The van der Waals surface area contributed by atoms with Gasteiger partial charge in [-0.2, -0.15) is 0 Å². The van der Waals surface area contributed by atoms with E-state index in [1.165, 1.54) is 4.88 Å². The Bertz CT molecular complexity index is 1010. The molecule has 0 bridgehead atoms. The van der Waals surface area contributed by atoms with Crippen molar-refractivity contribution in [1.29, 1.82) is 0 Å². The van der Waals surface area contributed by atoms with Crippen molar-refractivity contribution in [2.45, 2.75) is 6.42 Å². The van der Waals surface area contributed by atoms with E-state index in [0.29, 0.717) is 12.2 Å². The fraction of sp³-hybridized carbons (Fsp3) is 0.0909. The largest absolute Gasteiger partial charge is 0.290 e. The van der Waals surface area contributed by atoms with Gasteiger partial charge in [0.15, 0.2) is 0 Å². The second-order valence-corrected chi connectivity index (χ2v) is 8.12. The Labute approximate surface area is 170 Å². The van der Waals surface area contributed by atoms with Crippen molar-refractivity contribution in [3.8, 4) is 0 Å². The Morgan fingerprint density at radius 3 is 2.63 bits per heavy atom. The van der Waals surface area contributed by atoms with Crippen LogP contribution >= 0.6 is 27.3 Å². The molecule has 2 heterocycles.